The maximum Gasteiger partial charge on any atom is 0.246 e. The minimum absolute atomic E-state index is 0. The van der Waals surface area contributed by atoms with E-state index in [9.17, 15) is 4.79 Å². The molecule has 19 heavy (non-hydrogen) atoms. The van der Waals surface area contributed by atoms with Gasteiger partial charge in [-0.2, -0.15) is 0 Å². The Bertz CT molecular complexity index is 396. The minimum atomic E-state index is 0. The molecule has 4 aliphatic rings. The molecule has 0 aromatic rings. The van der Waals surface area contributed by atoms with Crippen LogP contribution >= 0.6 is 0 Å². The van der Waals surface area contributed by atoms with Crippen LogP contribution in [0.4, 0.5) is 4.70 Å². The van der Waals surface area contributed by atoms with Crippen LogP contribution in [0.5, 0.6) is 0 Å². The number of rotatable bonds is 0. The molecular weight excluding hydrogens is 243 g/mol. The summed E-state index contributed by atoms with van der Waals surface area (Å²) in [7, 11) is 0. The van der Waals surface area contributed by atoms with E-state index in [2.05, 4.69) is 15.9 Å². The highest BCUT2D eigenvalue weighted by Crippen LogP contribution is 2.43. The summed E-state index contributed by atoms with van der Waals surface area (Å²) in [5.74, 6) is 1.76. The lowest BCUT2D eigenvalue weighted by atomic mass is 9.68. The zero-order valence-electron chi connectivity index (χ0n) is 11.3. The van der Waals surface area contributed by atoms with Gasteiger partial charge in [-0.25, -0.2) is 0 Å². The van der Waals surface area contributed by atoms with Crippen LogP contribution in [-0.2, 0) is 4.79 Å². The van der Waals surface area contributed by atoms with Crippen molar-refractivity contribution in [2.24, 2.45) is 11.8 Å². The Kier molecular flexibility index (Phi) is 3.37. The Balaban J connectivity index is 0.00000110. The van der Waals surface area contributed by atoms with E-state index < -0.39 is 0 Å². The molecule has 4 heteroatoms. The average Bonchev–Trinajstić information content (AvgIpc) is 2.41. The van der Waals surface area contributed by atoms with Crippen molar-refractivity contribution in [2.45, 2.75) is 44.2 Å². The van der Waals surface area contributed by atoms with Crippen LogP contribution in [0.15, 0.2) is 12.2 Å². The summed E-state index contributed by atoms with van der Waals surface area (Å²) >= 11 is 0. The standard InChI is InChI=1S/C15H22N2O.FH/c18-14-7-1-6-13-12-5-3-9-16-8-2-4-11(15(12)16)10-17(13)14;/h1,7,11-13,15H,2-6,8-10H2;1H. The van der Waals surface area contributed by atoms with Crippen molar-refractivity contribution in [3.05, 3.63) is 12.2 Å². The van der Waals surface area contributed by atoms with Gasteiger partial charge < -0.3 is 4.90 Å². The molecule has 3 saturated heterocycles. The van der Waals surface area contributed by atoms with Gasteiger partial charge in [0.15, 0.2) is 0 Å². The fourth-order valence-corrected chi connectivity index (χ4v) is 4.95. The molecule has 0 radical (unpaired) electrons. The van der Waals surface area contributed by atoms with E-state index in [1.165, 1.54) is 38.8 Å². The van der Waals surface area contributed by atoms with Crippen LogP contribution in [0.2, 0.25) is 0 Å². The van der Waals surface area contributed by atoms with Gasteiger partial charge in [-0.1, -0.05) is 6.08 Å². The Hall–Kier alpha value is -0.900. The molecule has 4 heterocycles. The zero-order valence-corrected chi connectivity index (χ0v) is 11.3. The Labute approximate surface area is 114 Å². The smallest absolute Gasteiger partial charge is 0.246 e. The zero-order chi connectivity index (χ0) is 12.1. The monoisotopic (exact) mass is 266 g/mol. The van der Waals surface area contributed by atoms with Gasteiger partial charge in [-0.3, -0.25) is 14.4 Å². The second-order valence-corrected chi connectivity index (χ2v) is 6.43. The third-order valence-corrected chi connectivity index (χ3v) is 5.59. The predicted octanol–water partition coefficient (Wildman–Crippen LogP) is 1.80. The van der Waals surface area contributed by atoms with E-state index in [0.717, 1.165) is 30.8 Å². The predicted molar refractivity (Wildman–Crippen MR) is 72.6 cm³/mol. The van der Waals surface area contributed by atoms with Crippen LogP contribution in [0.3, 0.4) is 0 Å². The number of piperidine rings is 3. The third kappa shape index (κ3) is 1.92. The van der Waals surface area contributed by atoms with Gasteiger partial charge in [0.2, 0.25) is 5.91 Å². The molecule has 0 aromatic heterocycles. The highest BCUT2D eigenvalue weighted by molar-refractivity contribution is 5.88. The summed E-state index contributed by atoms with van der Waals surface area (Å²) in [5.41, 5.74) is 0. The van der Waals surface area contributed by atoms with E-state index in [-0.39, 0.29) is 10.6 Å². The van der Waals surface area contributed by atoms with Crippen LogP contribution in [-0.4, -0.2) is 47.4 Å². The topological polar surface area (TPSA) is 23.6 Å². The first kappa shape index (κ1) is 13.1. The Morgan fingerprint density at radius 2 is 1.95 bits per heavy atom. The van der Waals surface area contributed by atoms with E-state index in [4.69, 9.17) is 0 Å². The Morgan fingerprint density at radius 3 is 2.79 bits per heavy atom. The molecule has 4 atom stereocenters. The van der Waals surface area contributed by atoms with Gasteiger partial charge in [-0.05, 0) is 63.1 Å². The molecule has 0 bridgehead atoms. The van der Waals surface area contributed by atoms with Gasteiger partial charge in [0, 0.05) is 18.6 Å². The van der Waals surface area contributed by atoms with Crippen LogP contribution in [0.25, 0.3) is 0 Å². The highest BCUT2D eigenvalue weighted by Gasteiger charge is 2.49. The van der Waals surface area contributed by atoms with E-state index >= 15 is 0 Å². The number of carbonyl (C=O) groups is 1. The molecule has 0 aliphatic carbocycles. The molecule has 3 nitrogen and oxygen atoms in total. The van der Waals surface area contributed by atoms with E-state index in [1.807, 2.05) is 0 Å². The number of fused-ring (bicyclic) bond motifs is 2. The first-order valence-electron chi connectivity index (χ1n) is 7.56. The normalized spacial score (nSPS) is 41.3. The molecule has 0 N–H and O–H groups in total. The second-order valence-electron chi connectivity index (χ2n) is 6.43. The first-order chi connectivity index (χ1) is 8.84. The highest BCUT2D eigenvalue weighted by atomic mass is 19.0. The SMILES string of the molecule is F.O=C1C=CCC2C3CCCN4CCCC(CN12)C34. The van der Waals surface area contributed by atoms with Crippen molar-refractivity contribution in [2.75, 3.05) is 19.6 Å². The molecule has 4 unspecified atom stereocenters. The summed E-state index contributed by atoms with van der Waals surface area (Å²) in [5, 5.41) is 0. The molecular formula is C15H23FN2O. The van der Waals surface area contributed by atoms with Crippen LogP contribution in [0.1, 0.15) is 32.1 Å². The maximum absolute atomic E-state index is 12.1. The van der Waals surface area contributed by atoms with Gasteiger partial charge in [0.1, 0.15) is 0 Å². The summed E-state index contributed by atoms with van der Waals surface area (Å²) in [6.07, 6.45) is 10.3. The molecule has 0 aromatic carbocycles. The number of carbonyl (C=O) groups excluding carboxylic acids is 1. The summed E-state index contributed by atoms with van der Waals surface area (Å²) < 4.78 is 0. The molecule has 4 rings (SSSR count). The fraction of sp³-hybridized carbons (Fsp3) is 0.800. The maximum atomic E-state index is 12.1. The molecule has 1 amide bonds. The van der Waals surface area contributed by atoms with Crippen molar-refractivity contribution in [1.29, 1.82) is 0 Å². The first-order valence-corrected chi connectivity index (χ1v) is 7.56. The van der Waals surface area contributed by atoms with Crippen LogP contribution < -0.4 is 0 Å². The van der Waals surface area contributed by atoms with Crippen molar-refractivity contribution < 1.29 is 9.50 Å². The molecule has 3 fully saturated rings. The molecule has 0 saturated carbocycles. The van der Waals surface area contributed by atoms with Crippen molar-refractivity contribution in [3.8, 4) is 0 Å². The molecule has 0 spiro atoms. The number of amides is 1. The lowest BCUT2D eigenvalue weighted by Gasteiger charge is -2.57. The van der Waals surface area contributed by atoms with Crippen LogP contribution in [0, 0.1) is 11.8 Å². The molecule has 106 valence electrons. The molecule has 4 aliphatic heterocycles. The average molecular weight is 266 g/mol. The quantitative estimate of drug-likeness (QED) is 0.667. The number of nitrogens with zero attached hydrogens (tertiary/aromatic N) is 2. The van der Waals surface area contributed by atoms with E-state index in [1.54, 1.807) is 6.08 Å². The van der Waals surface area contributed by atoms with Gasteiger partial charge in [-0.15, -0.1) is 0 Å². The number of hydrogen-bond donors (Lipinski definition) is 0. The van der Waals surface area contributed by atoms with Crippen molar-refractivity contribution in [1.82, 2.24) is 9.80 Å². The van der Waals surface area contributed by atoms with E-state index in [0.29, 0.717) is 6.04 Å². The van der Waals surface area contributed by atoms with Gasteiger partial charge in [0.05, 0.1) is 0 Å². The Morgan fingerprint density at radius 1 is 1.16 bits per heavy atom. The number of hydrogen-bond acceptors (Lipinski definition) is 2. The summed E-state index contributed by atoms with van der Waals surface area (Å²) in [4.78, 5) is 17.0. The minimum Gasteiger partial charge on any atom is -0.335 e. The summed E-state index contributed by atoms with van der Waals surface area (Å²) in [6.45, 7) is 3.62. The number of halogens is 1. The van der Waals surface area contributed by atoms with Gasteiger partial charge in [0.25, 0.3) is 0 Å². The van der Waals surface area contributed by atoms with Gasteiger partial charge >= 0.3 is 0 Å². The largest absolute Gasteiger partial charge is 0.335 e. The fourth-order valence-electron chi connectivity index (χ4n) is 4.95. The second kappa shape index (κ2) is 4.89. The van der Waals surface area contributed by atoms with Crippen molar-refractivity contribution in [3.63, 3.8) is 0 Å². The lowest BCUT2D eigenvalue weighted by molar-refractivity contribution is -0.141. The third-order valence-electron chi connectivity index (χ3n) is 5.59. The summed E-state index contributed by atoms with van der Waals surface area (Å²) in [6, 6.07) is 1.29. The lowest BCUT2D eigenvalue weighted by Crippen LogP contribution is -2.65. The van der Waals surface area contributed by atoms with Crippen molar-refractivity contribution >= 4 is 5.91 Å².